The lowest BCUT2D eigenvalue weighted by atomic mass is 10.1. The minimum absolute atomic E-state index is 0.199. The number of carboxylic acid groups (broad SMARTS) is 1. The van der Waals surface area contributed by atoms with Gasteiger partial charge in [0, 0.05) is 16.9 Å². The molecule has 1 aliphatic heterocycles. The van der Waals surface area contributed by atoms with Crippen LogP contribution in [0.3, 0.4) is 0 Å². The van der Waals surface area contributed by atoms with Gasteiger partial charge in [-0.05, 0) is 47.5 Å². The van der Waals surface area contributed by atoms with E-state index in [2.05, 4.69) is 22.4 Å². The number of benzene rings is 1. The van der Waals surface area contributed by atoms with Crippen LogP contribution < -0.4 is 0 Å². The van der Waals surface area contributed by atoms with E-state index in [9.17, 15) is 9.59 Å². The van der Waals surface area contributed by atoms with Gasteiger partial charge >= 0.3 is 5.97 Å². The van der Waals surface area contributed by atoms with Gasteiger partial charge in [-0.15, -0.1) is 5.10 Å². The molecule has 132 valence electrons. The van der Waals surface area contributed by atoms with Gasteiger partial charge in [0.25, 0.3) is 0 Å². The van der Waals surface area contributed by atoms with Crippen molar-refractivity contribution in [1.82, 2.24) is 20.2 Å². The van der Waals surface area contributed by atoms with Crippen LogP contribution in [0.25, 0.3) is 5.69 Å². The van der Waals surface area contributed by atoms with Crippen molar-refractivity contribution >= 4 is 35.3 Å². The first-order chi connectivity index (χ1) is 12.0. The monoisotopic (exact) mass is 378 g/mol. The van der Waals surface area contributed by atoms with Crippen LogP contribution in [0.15, 0.2) is 29.4 Å². The van der Waals surface area contributed by atoms with Crippen LogP contribution in [-0.2, 0) is 4.79 Å². The lowest BCUT2D eigenvalue weighted by Gasteiger charge is -2.08. The summed E-state index contributed by atoms with van der Waals surface area (Å²) < 4.78 is 1.51. The van der Waals surface area contributed by atoms with Gasteiger partial charge in [0.1, 0.15) is 5.78 Å². The van der Waals surface area contributed by atoms with Gasteiger partial charge in [-0.2, -0.15) is 16.4 Å². The standard InChI is InChI=1S/C16H18N4O3S2/c1-10-2-7-14(25-10)8-13(21)9-24-16-17-18-19-20(16)12-5-3-11(4-6-12)15(22)23/h3-6,10,14H,2,7-9H2,1H3,(H,22,23). The smallest absolute Gasteiger partial charge is 0.335 e. The molecule has 0 saturated carbocycles. The molecule has 7 nitrogen and oxygen atoms in total. The normalized spacial score (nSPS) is 19.9. The van der Waals surface area contributed by atoms with Crippen LogP contribution >= 0.6 is 23.5 Å². The Morgan fingerprint density at radius 1 is 1.32 bits per heavy atom. The Balaban J connectivity index is 1.60. The van der Waals surface area contributed by atoms with E-state index >= 15 is 0 Å². The minimum atomic E-state index is -0.984. The van der Waals surface area contributed by atoms with E-state index in [1.165, 1.54) is 35.0 Å². The van der Waals surface area contributed by atoms with Crippen molar-refractivity contribution in [3.8, 4) is 5.69 Å². The summed E-state index contributed by atoms with van der Waals surface area (Å²) in [5.74, 6) is -0.450. The van der Waals surface area contributed by atoms with Crippen molar-refractivity contribution in [3.63, 3.8) is 0 Å². The van der Waals surface area contributed by atoms with E-state index in [1.807, 2.05) is 11.8 Å². The van der Waals surface area contributed by atoms with Crippen LogP contribution in [0.5, 0.6) is 0 Å². The van der Waals surface area contributed by atoms with Crippen LogP contribution in [-0.4, -0.2) is 53.3 Å². The van der Waals surface area contributed by atoms with Crippen LogP contribution in [0.4, 0.5) is 0 Å². The summed E-state index contributed by atoms with van der Waals surface area (Å²) in [6.45, 7) is 2.20. The Labute approximate surface area is 153 Å². The molecule has 1 aliphatic rings. The molecule has 2 unspecified atom stereocenters. The number of carbonyl (C=O) groups excluding carboxylic acids is 1. The Morgan fingerprint density at radius 2 is 2.08 bits per heavy atom. The zero-order chi connectivity index (χ0) is 17.8. The summed E-state index contributed by atoms with van der Waals surface area (Å²) in [6.07, 6.45) is 2.88. The Bertz CT molecular complexity index is 763. The zero-order valence-corrected chi connectivity index (χ0v) is 15.3. The van der Waals surface area contributed by atoms with E-state index < -0.39 is 5.97 Å². The summed E-state index contributed by atoms with van der Waals surface area (Å²) in [5, 5.41) is 22.1. The molecule has 0 amide bonds. The molecule has 2 aromatic rings. The third kappa shape index (κ3) is 4.60. The number of rotatable bonds is 7. The fraction of sp³-hybridized carbons (Fsp3) is 0.438. The van der Waals surface area contributed by atoms with Crippen LogP contribution in [0.2, 0.25) is 0 Å². The number of aromatic nitrogens is 4. The second-order valence-corrected chi connectivity index (χ2v) is 8.59. The molecule has 9 heteroatoms. The first-order valence-electron chi connectivity index (χ1n) is 7.95. The largest absolute Gasteiger partial charge is 0.478 e. The van der Waals surface area contributed by atoms with Crippen molar-refractivity contribution in [2.45, 2.75) is 41.8 Å². The maximum atomic E-state index is 12.2. The van der Waals surface area contributed by atoms with Gasteiger partial charge in [0.05, 0.1) is 17.0 Å². The number of tetrazole rings is 1. The highest BCUT2D eigenvalue weighted by molar-refractivity contribution is 8.01. The molecule has 0 spiro atoms. The summed E-state index contributed by atoms with van der Waals surface area (Å²) >= 11 is 3.20. The molecular weight excluding hydrogens is 360 g/mol. The van der Waals surface area contributed by atoms with E-state index in [1.54, 1.807) is 12.1 Å². The highest BCUT2D eigenvalue weighted by Crippen LogP contribution is 2.35. The summed E-state index contributed by atoms with van der Waals surface area (Å²) in [6, 6.07) is 6.28. The maximum Gasteiger partial charge on any atom is 0.335 e. The molecule has 2 heterocycles. The third-order valence-electron chi connectivity index (χ3n) is 3.94. The van der Waals surface area contributed by atoms with Crippen molar-refractivity contribution in [2.24, 2.45) is 0 Å². The van der Waals surface area contributed by atoms with Crippen molar-refractivity contribution in [2.75, 3.05) is 5.75 Å². The van der Waals surface area contributed by atoms with Gasteiger partial charge in [0.15, 0.2) is 0 Å². The number of hydrogen-bond donors (Lipinski definition) is 1. The van der Waals surface area contributed by atoms with E-state index in [0.717, 1.165) is 6.42 Å². The topological polar surface area (TPSA) is 98.0 Å². The summed E-state index contributed by atoms with van der Waals surface area (Å²) in [4.78, 5) is 23.1. The molecule has 1 saturated heterocycles. The summed E-state index contributed by atoms with van der Waals surface area (Å²) in [7, 11) is 0. The van der Waals surface area contributed by atoms with E-state index in [-0.39, 0.29) is 11.3 Å². The first-order valence-corrected chi connectivity index (χ1v) is 9.88. The number of carbonyl (C=O) groups is 2. The number of ketones is 1. The lowest BCUT2D eigenvalue weighted by molar-refractivity contribution is -0.116. The average molecular weight is 378 g/mol. The number of aromatic carboxylic acids is 1. The molecule has 25 heavy (non-hydrogen) atoms. The summed E-state index contributed by atoms with van der Waals surface area (Å²) in [5.41, 5.74) is 0.856. The Hall–Kier alpha value is -1.87. The fourth-order valence-corrected chi connectivity index (χ4v) is 4.92. The van der Waals surface area contributed by atoms with Crippen LogP contribution in [0, 0.1) is 0 Å². The molecule has 1 fully saturated rings. The molecule has 0 radical (unpaired) electrons. The third-order valence-corrected chi connectivity index (χ3v) is 6.40. The zero-order valence-electron chi connectivity index (χ0n) is 13.7. The number of carboxylic acids is 1. The predicted molar refractivity (Wildman–Crippen MR) is 96.5 cm³/mol. The van der Waals surface area contributed by atoms with Gasteiger partial charge in [-0.1, -0.05) is 18.7 Å². The second kappa shape index (κ2) is 8.01. The average Bonchev–Trinajstić information content (AvgIpc) is 3.22. The quantitative estimate of drug-likeness (QED) is 0.735. The van der Waals surface area contributed by atoms with Gasteiger partial charge in [-0.3, -0.25) is 4.79 Å². The molecule has 2 atom stereocenters. The SMILES string of the molecule is CC1CCC(CC(=O)CSc2nnnn2-c2ccc(C(=O)O)cc2)S1. The number of hydrogen-bond acceptors (Lipinski definition) is 7. The molecule has 1 N–H and O–H groups in total. The Kier molecular flexibility index (Phi) is 5.74. The van der Waals surface area contributed by atoms with Gasteiger partial charge in [0.2, 0.25) is 5.16 Å². The predicted octanol–water partition coefficient (Wildman–Crippen LogP) is 2.70. The van der Waals surface area contributed by atoms with Crippen molar-refractivity contribution < 1.29 is 14.7 Å². The minimum Gasteiger partial charge on any atom is -0.478 e. The van der Waals surface area contributed by atoms with Gasteiger partial charge in [-0.25, -0.2) is 4.79 Å². The Morgan fingerprint density at radius 3 is 2.72 bits per heavy atom. The molecular formula is C16H18N4O3S2. The molecule has 3 rings (SSSR count). The number of thioether (sulfide) groups is 2. The number of Topliss-reactive ketones (excluding diaryl/α,β-unsaturated/α-hetero) is 1. The molecule has 1 aromatic heterocycles. The van der Waals surface area contributed by atoms with Crippen molar-refractivity contribution in [1.29, 1.82) is 0 Å². The number of nitrogens with zero attached hydrogens (tertiary/aromatic N) is 4. The second-order valence-electron chi connectivity index (χ2n) is 5.90. The highest BCUT2D eigenvalue weighted by atomic mass is 32.2. The lowest BCUT2D eigenvalue weighted by Crippen LogP contribution is -2.10. The first kappa shape index (κ1) is 17.9. The van der Waals surface area contributed by atoms with Gasteiger partial charge < -0.3 is 5.11 Å². The molecule has 0 bridgehead atoms. The van der Waals surface area contributed by atoms with E-state index in [4.69, 9.17) is 5.11 Å². The van der Waals surface area contributed by atoms with E-state index in [0.29, 0.717) is 33.5 Å². The molecule has 1 aromatic carbocycles. The van der Waals surface area contributed by atoms with Crippen LogP contribution in [0.1, 0.15) is 36.5 Å². The molecule has 0 aliphatic carbocycles. The maximum absolute atomic E-state index is 12.2. The van der Waals surface area contributed by atoms with Crippen molar-refractivity contribution in [3.05, 3.63) is 29.8 Å². The fourth-order valence-electron chi connectivity index (χ4n) is 2.67. The highest BCUT2D eigenvalue weighted by Gasteiger charge is 2.24.